The van der Waals surface area contributed by atoms with Gasteiger partial charge in [-0.1, -0.05) is 65.2 Å². The van der Waals surface area contributed by atoms with Gasteiger partial charge in [-0.3, -0.25) is 4.79 Å². The largest absolute Gasteiger partial charge is 0.272 e. The standard InChI is InChI=1S/C19H23BrN4O3S/c1-18(2)13-8-9-19(18)11-28(26,27)24(14(19)10-13)17(25)15(20)16(22-23-21)12-6-4-3-5-7-12/h3-7,13-16H,8-11H2,1-2H3/t13-,14-,15-,16-,19-/m1/s1. The third kappa shape index (κ3) is 2.56. The van der Waals surface area contributed by atoms with Gasteiger partial charge in [0.15, 0.2) is 0 Å². The van der Waals surface area contributed by atoms with E-state index >= 15 is 0 Å². The Balaban J connectivity index is 1.70. The zero-order valence-corrected chi connectivity index (χ0v) is 18.2. The Hall–Kier alpha value is -1.57. The van der Waals surface area contributed by atoms with Gasteiger partial charge < -0.3 is 0 Å². The molecule has 1 heterocycles. The van der Waals surface area contributed by atoms with Gasteiger partial charge in [0.25, 0.3) is 5.91 Å². The van der Waals surface area contributed by atoms with Crippen molar-refractivity contribution in [2.24, 2.45) is 21.9 Å². The maximum atomic E-state index is 13.4. The third-order valence-corrected chi connectivity index (χ3v) is 10.3. The second-order valence-electron chi connectivity index (χ2n) is 8.72. The average molecular weight is 467 g/mol. The highest BCUT2D eigenvalue weighted by Gasteiger charge is 2.72. The number of carbonyl (C=O) groups is 1. The molecule has 5 atom stereocenters. The number of halogens is 1. The normalized spacial score (nSPS) is 33.8. The molecule has 7 nitrogen and oxygen atoms in total. The predicted octanol–water partition coefficient (Wildman–Crippen LogP) is 4.17. The molecule has 1 amide bonds. The lowest BCUT2D eigenvalue weighted by Crippen LogP contribution is -2.47. The molecule has 1 spiro atoms. The molecule has 1 aromatic carbocycles. The molecule has 9 heteroatoms. The summed E-state index contributed by atoms with van der Waals surface area (Å²) >= 11 is 3.36. The lowest BCUT2D eigenvalue weighted by Gasteiger charge is -2.37. The Morgan fingerprint density at radius 2 is 2.04 bits per heavy atom. The van der Waals surface area contributed by atoms with Crippen LogP contribution in [-0.4, -0.2) is 35.3 Å². The monoisotopic (exact) mass is 466 g/mol. The number of sulfonamides is 1. The number of azide groups is 1. The number of benzene rings is 1. The van der Waals surface area contributed by atoms with Crippen LogP contribution in [0.3, 0.4) is 0 Å². The Morgan fingerprint density at radius 1 is 1.36 bits per heavy atom. The van der Waals surface area contributed by atoms with Gasteiger partial charge in [-0.15, -0.1) is 0 Å². The minimum atomic E-state index is -3.72. The molecule has 3 aliphatic rings. The van der Waals surface area contributed by atoms with Crippen molar-refractivity contribution >= 4 is 31.9 Å². The second-order valence-corrected chi connectivity index (χ2v) is 11.5. The van der Waals surface area contributed by atoms with Crippen molar-refractivity contribution in [2.45, 2.75) is 50.0 Å². The number of fused-ring (bicyclic) bond motifs is 1. The Kier molecular flexibility index (Phi) is 4.56. The fraction of sp³-hybridized carbons (Fsp3) is 0.632. The topological polar surface area (TPSA) is 103 Å². The zero-order chi connectivity index (χ0) is 20.3. The van der Waals surface area contributed by atoms with E-state index in [-0.39, 0.29) is 22.6 Å². The first-order chi connectivity index (χ1) is 13.2. The van der Waals surface area contributed by atoms with E-state index in [0.717, 1.165) is 23.6 Å². The van der Waals surface area contributed by atoms with Crippen LogP contribution in [0.2, 0.25) is 0 Å². The molecule has 0 aromatic heterocycles. The SMILES string of the molecule is CC1(C)[C@@H]2CC[C@]13CS(=O)(=O)N(C(=O)[C@H](Br)[C@H](N=[N+]=[N-])c1ccccc1)[C@@H]3C2. The minimum Gasteiger partial charge on any atom is -0.272 e. The van der Waals surface area contributed by atoms with Crippen molar-refractivity contribution < 1.29 is 13.2 Å². The van der Waals surface area contributed by atoms with E-state index in [0.29, 0.717) is 11.5 Å². The molecule has 0 N–H and O–H groups in total. The Bertz CT molecular complexity index is 961. The molecule has 3 fully saturated rings. The molecular weight excluding hydrogens is 444 g/mol. The van der Waals surface area contributed by atoms with Crippen molar-refractivity contribution in [3.05, 3.63) is 46.3 Å². The fourth-order valence-corrected chi connectivity index (χ4v) is 9.16. The van der Waals surface area contributed by atoms with Gasteiger partial charge in [0.1, 0.15) is 4.83 Å². The van der Waals surface area contributed by atoms with Crippen LogP contribution in [-0.2, 0) is 14.8 Å². The van der Waals surface area contributed by atoms with Crippen molar-refractivity contribution in [1.29, 1.82) is 0 Å². The molecule has 1 saturated heterocycles. The van der Waals surface area contributed by atoms with Crippen LogP contribution >= 0.6 is 15.9 Å². The van der Waals surface area contributed by atoms with E-state index in [9.17, 15) is 13.2 Å². The molecule has 0 unspecified atom stereocenters. The minimum absolute atomic E-state index is 0.0249. The first-order valence-corrected chi connectivity index (χ1v) is 12.0. The fourth-order valence-electron chi connectivity index (χ4n) is 5.84. The summed E-state index contributed by atoms with van der Waals surface area (Å²) < 4.78 is 27.3. The van der Waals surface area contributed by atoms with E-state index in [1.807, 2.05) is 6.07 Å². The molecule has 4 rings (SSSR count). The summed E-state index contributed by atoms with van der Waals surface area (Å²) in [6.07, 6.45) is 2.57. The summed E-state index contributed by atoms with van der Waals surface area (Å²) in [5.74, 6) is -0.0810. The van der Waals surface area contributed by atoms with Gasteiger partial charge >= 0.3 is 0 Å². The van der Waals surface area contributed by atoms with Crippen LogP contribution in [0.15, 0.2) is 35.4 Å². The summed E-state index contributed by atoms with van der Waals surface area (Å²) in [7, 11) is -3.72. The number of rotatable bonds is 4. The summed E-state index contributed by atoms with van der Waals surface area (Å²) in [5, 5.41) is 3.79. The van der Waals surface area contributed by atoms with Gasteiger partial charge in [0.05, 0.1) is 17.8 Å². The molecule has 2 saturated carbocycles. The third-order valence-electron chi connectivity index (χ3n) is 7.46. The number of alkyl halides is 1. The van der Waals surface area contributed by atoms with Crippen LogP contribution in [0.1, 0.15) is 44.7 Å². The van der Waals surface area contributed by atoms with Crippen molar-refractivity contribution in [2.75, 3.05) is 5.75 Å². The first-order valence-electron chi connectivity index (χ1n) is 9.45. The highest BCUT2D eigenvalue weighted by molar-refractivity contribution is 9.10. The second kappa shape index (κ2) is 6.47. The molecule has 1 aromatic rings. The van der Waals surface area contributed by atoms with Crippen LogP contribution < -0.4 is 0 Å². The van der Waals surface area contributed by atoms with E-state index in [2.05, 4.69) is 39.8 Å². The molecule has 28 heavy (non-hydrogen) atoms. The summed E-state index contributed by atoms with van der Waals surface area (Å²) in [4.78, 5) is 15.3. The lowest BCUT2D eigenvalue weighted by atomic mass is 9.69. The highest BCUT2D eigenvalue weighted by Crippen LogP contribution is 2.70. The number of hydrogen-bond acceptors (Lipinski definition) is 4. The highest BCUT2D eigenvalue weighted by atomic mass is 79.9. The van der Waals surface area contributed by atoms with Gasteiger partial charge in [-0.05, 0) is 41.7 Å². The van der Waals surface area contributed by atoms with E-state index in [4.69, 9.17) is 5.53 Å². The van der Waals surface area contributed by atoms with Gasteiger partial charge in [0, 0.05) is 10.3 Å². The van der Waals surface area contributed by atoms with E-state index in [1.54, 1.807) is 24.3 Å². The maximum absolute atomic E-state index is 13.4. The molecule has 2 bridgehead atoms. The van der Waals surface area contributed by atoms with Gasteiger partial charge in [-0.25, -0.2) is 12.7 Å². The average Bonchev–Trinajstić information content (AvgIpc) is 3.13. The van der Waals surface area contributed by atoms with Crippen molar-refractivity contribution in [3.8, 4) is 0 Å². The van der Waals surface area contributed by atoms with Crippen LogP contribution in [0.5, 0.6) is 0 Å². The van der Waals surface area contributed by atoms with Gasteiger partial charge in [0.2, 0.25) is 10.0 Å². The zero-order valence-electron chi connectivity index (χ0n) is 15.8. The number of carbonyl (C=O) groups excluding carboxylic acids is 1. The Labute approximate surface area is 173 Å². The molecule has 0 radical (unpaired) electrons. The molecule has 150 valence electrons. The number of hydrogen-bond donors (Lipinski definition) is 0. The number of nitrogens with zero attached hydrogens (tertiary/aromatic N) is 4. The lowest BCUT2D eigenvalue weighted by molar-refractivity contribution is -0.128. The van der Waals surface area contributed by atoms with Crippen molar-refractivity contribution in [3.63, 3.8) is 0 Å². The first kappa shape index (κ1) is 19.7. The summed E-state index contributed by atoms with van der Waals surface area (Å²) in [6, 6.07) is 7.81. The summed E-state index contributed by atoms with van der Waals surface area (Å²) in [5.41, 5.74) is 9.18. The molecule has 2 aliphatic carbocycles. The van der Waals surface area contributed by atoms with Crippen LogP contribution in [0, 0.1) is 16.7 Å². The predicted molar refractivity (Wildman–Crippen MR) is 109 cm³/mol. The van der Waals surface area contributed by atoms with Crippen LogP contribution in [0.25, 0.3) is 10.4 Å². The van der Waals surface area contributed by atoms with Crippen molar-refractivity contribution in [1.82, 2.24) is 4.31 Å². The molecule has 1 aliphatic heterocycles. The van der Waals surface area contributed by atoms with Gasteiger partial charge in [-0.2, -0.15) is 0 Å². The smallest absolute Gasteiger partial charge is 0.250 e. The summed E-state index contributed by atoms with van der Waals surface area (Å²) in [6.45, 7) is 4.29. The maximum Gasteiger partial charge on any atom is 0.250 e. The van der Waals surface area contributed by atoms with Crippen LogP contribution in [0.4, 0.5) is 0 Å². The Morgan fingerprint density at radius 3 is 2.64 bits per heavy atom. The molecular formula is C19H23BrN4O3S. The van der Waals surface area contributed by atoms with E-state index < -0.39 is 26.8 Å². The number of amides is 1. The quantitative estimate of drug-likeness (QED) is 0.287. The van der Waals surface area contributed by atoms with E-state index in [1.165, 1.54) is 0 Å².